The number of hydrogen-bond acceptors (Lipinski definition) is 11. The van der Waals surface area contributed by atoms with E-state index in [-0.39, 0.29) is 24.3 Å². The van der Waals surface area contributed by atoms with Gasteiger partial charge in [-0.15, -0.1) is 0 Å². The van der Waals surface area contributed by atoms with Gasteiger partial charge in [-0.25, -0.2) is 14.4 Å². The van der Waals surface area contributed by atoms with Crippen LogP contribution in [0.3, 0.4) is 0 Å². The van der Waals surface area contributed by atoms with Crippen molar-refractivity contribution in [2.24, 2.45) is 0 Å². The standard InChI is InChI=1S/C32H32O11/c1-20(33)29(35)43-32-28(42-31(37)24-16-10-5-11-17-24)27(41-30(36)23-14-8-4-9-15-23)26(25(40-32)19-38-21(2)34)39-18-22-12-6-3-7-13-22/h3-17,20,25-28,32-33H,18-19H2,1-2H3/t20?,25-,26-,27+,28-,32+/m1/s1. The van der Waals surface area contributed by atoms with Crippen LogP contribution in [-0.4, -0.2) is 72.4 Å². The molecule has 11 nitrogen and oxygen atoms in total. The monoisotopic (exact) mass is 592 g/mol. The van der Waals surface area contributed by atoms with Crippen LogP contribution in [0.4, 0.5) is 0 Å². The highest BCUT2D eigenvalue weighted by atomic mass is 16.7. The highest BCUT2D eigenvalue weighted by molar-refractivity contribution is 5.90. The summed E-state index contributed by atoms with van der Waals surface area (Å²) in [5.74, 6) is -3.33. The Morgan fingerprint density at radius 1 is 0.744 bits per heavy atom. The van der Waals surface area contributed by atoms with Crippen molar-refractivity contribution in [1.82, 2.24) is 0 Å². The molecule has 11 heteroatoms. The van der Waals surface area contributed by atoms with Crippen LogP contribution in [0.25, 0.3) is 0 Å². The lowest BCUT2D eigenvalue weighted by molar-refractivity contribution is -0.301. The van der Waals surface area contributed by atoms with Crippen molar-refractivity contribution >= 4 is 23.9 Å². The molecule has 1 aliphatic heterocycles. The fraction of sp³-hybridized carbons (Fsp3) is 0.312. The van der Waals surface area contributed by atoms with E-state index in [1.807, 2.05) is 30.3 Å². The van der Waals surface area contributed by atoms with E-state index in [2.05, 4.69) is 0 Å². The van der Waals surface area contributed by atoms with E-state index in [4.69, 9.17) is 28.4 Å². The van der Waals surface area contributed by atoms with E-state index in [1.165, 1.54) is 38.1 Å². The van der Waals surface area contributed by atoms with Gasteiger partial charge in [-0.1, -0.05) is 66.7 Å². The molecular formula is C32H32O11. The van der Waals surface area contributed by atoms with Crippen LogP contribution in [-0.2, 0) is 44.6 Å². The number of carbonyl (C=O) groups is 4. The number of hydrogen-bond donors (Lipinski definition) is 1. The normalized spacial score (nSPS) is 22.1. The molecule has 1 heterocycles. The van der Waals surface area contributed by atoms with Crippen molar-refractivity contribution in [3.05, 3.63) is 108 Å². The maximum atomic E-state index is 13.4. The number of aliphatic hydroxyl groups excluding tert-OH is 1. The van der Waals surface area contributed by atoms with E-state index >= 15 is 0 Å². The molecule has 0 aliphatic carbocycles. The molecule has 1 N–H and O–H groups in total. The first-order valence-electron chi connectivity index (χ1n) is 13.6. The topological polar surface area (TPSA) is 144 Å². The molecule has 0 aromatic heterocycles. The Morgan fingerprint density at radius 2 is 1.26 bits per heavy atom. The van der Waals surface area contributed by atoms with Crippen LogP contribution in [0.1, 0.15) is 40.1 Å². The maximum absolute atomic E-state index is 13.4. The van der Waals surface area contributed by atoms with Crippen LogP contribution in [0.15, 0.2) is 91.0 Å². The second-order valence-corrected chi connectivity index (χ2v) is 9.69. The molecule has 43 heavy (non-hydrogen) atoms. The van der Waals surface area contributed by atoms with Gasteiger partial charge < -0.3 is 33.5 Å². The van der Waals surface area contributed by atoms with Crippen molar-refractivity contribution in [2.45, 2.75) is 57.3 Å². The summed E-state index contributed by atoms with van der Waals surface area (Å²) in [6.45, 7) is 2.02. The summed E-state index contributed by atoms with van der Waals surface area (Å²) in [7, 11) is 0. The lowest BCUT2D eigenvalue weighted by Crippen LogP contribution is -2.63. The summed E-state index contributed by atoms with van der Waals surface area (Å²) in [5.41, 5.74) is 1.13. The Kier molecular flexibility index (Phi) is 11.0. The Morgan fingerprint density at radius 3 is 1.77 bits per heavy atom. The number of rotatable bonds is 11. The number of aliphatic hydroxyl groups is 1. The van der Waals surface area contributed by atoms with Gasteiger partial charge >= 0.3 is 23.9 Å². The third kappa shape index (κ3) is 8.71. The number of ether oxygens (including phenoxy) is 6. The first-order valence-corrected chi connectivity index (χ1v) is 13.6. The molecule has 0 spiro atoms. The Labute approximate surface area is 248 Å². The zero-order valence-electron chi connectivity index (χ0n) is 23.6. The zero-order valence-corrected chi connectivity index (χ0v) is 23.6. The fourth-order valence-corrected chi connectivity index (χ4v) is 4.28. The SMILES string of the molecule is CC(=O)OC[C@H]1O[C@@H](OC(=O)C(C)O)[C@H](OC(=O)c2ccccc2)[C@@H](OC(=O)c2ccccc2)[C@@H]1OCc1ccccc1. The fourth-order valence-electron chi connectivity index (χ4n) is 4.28. The van der Waals surface area contributed by atoms with Crippen LogP contribution >= 0.6 is 0 Å². The molecule has 1 fully saturated rings. The van der Waals surface area contributed by atoms with E-state index in [0.29, 0.717) is 0 Å². The smallest absolute Gasteiger partial charge is 0.338 e. The van der Waals surface area contributed by atoms with Crippen LogP contribution in [0, 0.1) is 0 Å². The number of benzene rings is 3. The first kappa shape index (κ1) is 31.4. The van der Waals surface area contributed by atoms with E-state index in [9.17, 15) is 24.3 Å². The summed E-state index contributed by atoms with van der Waals surface area (Å²) in [5, 5.41) is 9.84. The predicted molar refractivity (Wildman–Crippen MR) is 149 cm³/mol. The van der Waals surface area contributed by atoms with Gasteiger partial charge in [0, 0.05) is 6.92 Å². The minimum Gasteiger partial charge on any atom is -0.463 e. The molecule has 1 saturated heterocycles. The Hall–Kier alpha value is -4.58. The van der Waals surface area contributed by atoms with Gasteiger partial charge in [-0.05, 0) is 36.8 Å². The lowest BCUT2D eigenvalue weighted by Gasteiger charge is -2.44. The minimum atomic E-state index is -1.68. The molecule has 0 saturated carbocycles. The first-order chi connectivity index (χ1) is 20.7. The molecule has 0 bridgehead atoms. The maximum Gasteiger partial charge on any atom is 0.338 e. The van der Waals surface area contributed by atoms with E-state index in [1.54, 1.807) is 36.4 Å². The molecule has 0 amide bonds. The predicted octanol–water partition coefficient (Wildman–Crippen LogP) is 3.24. The second-order valence-electron chi connectivity index (χ2n) is 9.69. The summed E-state index contributed by atoms with van der Waals surface area (Å²) in [6, 6.07) is 25.2. The Balaban J connectivity index is 1.75. The van der Waals surface area contributed by atoms with Gasteiger partial charge in [-0.3, -0.25) is 4.79 Å². The molecule has 4 rings (SSSR count). The van der Waals surface area contributed by atoms with Crippen LogP contribution in [0.2, 0.25) is 0 Å². The van der Waals surface area contributed by atoms with Crippen molar-refractivity contribution in [3.8, 4) is 0 Å². The molecular weight excluding hydrogens is 560 g/mol. The molecule has 0 radical (unpaired) electrons. The highest BCUT2D eigenvalue weighted by Gasteiger charge is 2.53. The molecule has 6 atom stereocenters. The van der Waals surface area contributed by atoms with Crippen molar-refractivity contribution < 1.29 is 52.7 Å². The average Bonchev–Trinajstić information content (AvgIpc) is 3.02. The third-order valence-electron chi connectivity index (χ3n) is 6.41. The van der Waals surface area contributed by atoms with E-state index < -0.39 is 60.7 Å². The summed E-state index contributed by atoms with van der Waals surface area (Å²) >= 11 is 0. The average molecular weight is 593 g/mol. The molecule has 3 aromatic rings. The summed E-state index contributed by atoms with van der Waals surface area (Å²) in [6.07, 6.45) is -8.55. The number of carbonyl (C=O) groups excluding carboxylic acids is 4. The minimum absolute atomic E-state index is 0.0162. The largest absolute Gasteiger partial charge is 0.463 e. The highest BCUT2D eigenvalue weighted by Crippen LogP contribution is 2.32. The molecule has 1 aliphatic rings. The van der Waals surface area contributed by atoms with Gasteiger partial charge in [-0.2, -0.15) is 0 Å². The summed E-state index contributed by atoms with van der Waals surface area (Å²) in [4.78, 5) is 50.8. The third-order valence-corrected chi connectivity index (χ3v) is 6.41. The quantitative estimate of drug-likeness (QED) is 0.259. The summed E-state index contributed by atoms with van der Waals surface area (Å²) < 4.78 is 34.5. The van der Waals surface area contributed by atoms with Gasteiger partial charge in [0.2, 0.25) is 12.4 Å². The lowest BCUT2D eigenvalue weighted by atomic mass is 9.97. The second kappa shape index (κ2) is 15.1. The van der Waals surface area contributed by atoms with Crippen molar-refractivity contribution in [3.63, 3.8) is 0 Å². The van der Waals surface area contributed by atoms with Crippen molar-refractivity contribution in [1.29, 1.82) is 0 Å². The number of esters is 4. The van der Waals surface area contributed by atoms with Crippen molar-refractivity contribution in [2.75, 3.05) is 6.61 Å². The van der Waals surface area contributed by atoms with Gasteiger partial charge in [0.1, 0.15) is 24.9 Å². The van der Waals surface area contributed by atoms with Crippen LogP contribution < -0.4 is 0 Å². The van der Waals surface area contributed by atoms with Crippen LogP contribution in [0.5, 0.6) is 0 Å². The van der Waals surface area contributed by atoms with Gasteiger partial charge in [0.05, 0.1) is 17.7 Å². The Bertz CT molecular complexity index is 1360. The zero-order chi connectivity index (χ0) is 30.8. The van der Waals surface area contributed by atoms with Gasteiger partial charge in [0.25, 0.3) is 0 Å². The molecule has 226 valence electrons. The van der Waals surface area contributed by atoms with Gasteiger partial charge in [0.15, 0.2) is 6.10 Å². The van der Waals surface area contributed by atoms with E-state index in [0.717, 1.165) is 5.56 Å². The molecule has 3 aromatic carbocycles. The molecule has 1 unspecified atom stereocenters.